The summed E-state index contributed by atoms with van der Waals surface area (Å²) < 4.78 is 6.44. The number of carbonyl (C=O) groups is 1. The fourth-order valence-electron chi connectivity index (χ4n) is 4.61. The highest BCUT2D eigenvalue weighted by Gasteiger charge is 2.27. The molecule has 0 saturated carbocycles. The molecular formula is C29H25NO3. The Balaban J connectivity index is 1.56. The standard InChI is InChI=1S/C29H25NO3/c31-29(32)25-18-10-8-16-23(25)19-22-15-7-9-17-24(22)28-30-26(20-11-3-1-4-12-20)27(33-28)21-13-5-2-6-14-21/h1-6,8,10-14,16-18,22H,7,9,15,19H2,(H,31,32). The van der Waals surface area contributed by atoms with Crippen LogP contribution in [-0.2, 0) is 6.42 Å². The maximum atomic E-state index is 11.7. The van der Waals surface area contributed by atoms with Crippen molar-refractivity contribution in [3.8, 4) is 22.6 Å². The number of nitrogens with zero attached hydrogens (tertiary/aromatic N) is 1. The topological polar surface area (TPSA) is 63.3 Å². The lowest BCUT2D eigenvalue weighted by molar-refractivity contribution is 0.0695. The summed E-state index contributed by atoms with van der Waals surface area (Å²) in [4.78, 5) is 16.7. The van der Waals surface area contributed by atoms with Crippen LogP contribution >= 0.6 is 0 Å². The molecule has 4 nitrogen and oxygen atoms in total. The molecule has 0 saturated heterocycles. The van der Waals surface area contributed by atoms with Crippen LogP contribution in [0.5, 0.6) is 0 Å². The average molecular weight is 436 g/mol. The monoisotopic (exact) mass is 435 g/mol. The molecule has 0 radical (unpaired) electrons. The Hall–Kier alpha value is -3.92. The molecule has 0 fully saturated rings. The lowest BCUT2D eigenvalue weighted by atomic mass is 9.82. The molecule has 0 bridgehead atoms. The number of hydrogen-bond acceptors (Lipinski definition) is 3. The first-order valence-corrected chi connectivity index (χ1v) is 11.3. The van der Waals surface area contributed by atoms with Gasteiger partial charge in [-0.1, -0.05) is 84.9 Å². The van der Waals surface area contributed by atoms with Crippen LogP contribution in [-0.4, -0.2) is 16.1 Å². The average Bonchev–Trinajstić information content (AvgIpc) is 3.31. The zero-order valence-electron chi connectivity index (χ0n) is 18.3. The third-order valence-corrected chi connectivity index (χ3v) is 6.23. The number of aromatic nitrogens is 1. The van der Waals surface area contributed by atoms with Crippen molar-refractivity contribution in [3.63, 3.8) is 0 Å². The lowest BCUT2D eigenvalue weighted by Crippen LogP contribution is -2.14. The second-order valence-corrected chi connectivity index (χ2v) is 8.38. The van der Waals surface area contributed by atoms with Gasteiger partial charge >= 0.3 is 5.97 Å². The van der Waals surface area contributed by atoms with E-state index in [1.807, 2.05) is 72.8 Å². The van der Waals surface area contributed by atoms with Gasteiger partial charge in [-0.25, -0.2) is 9.78 Å². The van der Waals surface area contributed by atoms with Gasteiger partial charge in [0.2, 0.25) is 5.89 Å². The second kappa shape index (κ2) is 9.29. The van der Waals surface area contributed by atoms with Crippen LogP contribution < -0.4 is 0 Å². The fourth-order valence-corrected chi connectivity index (χ4v) is 4.61. The molecule has 4 aromatic rings. The first-order valence-electron chi connectivity index (χ1n) is 11.3. The molecular weight excluding hydrogens is 410 g/mol. The molecule has 164 valence electrons. The summed E-state index contributed by atoms with van der Waals surface area (Å²) >= 11 is 0. The SMILES string of the molecule is O=C(O)c1ccccc1CC1CCCC=C1c1nc(-c2ccccc2)c(-c2ccccc2)o1. The zero-order chi connectivity index (χ0) is 22.6. The predicted octanol–water partition coefficient (Wildman–Crippen LogP) is 7.13. The normalized spacial score (nSPS) is 15.8. The number of hydrogen-bond donors (Lipinski definition) is 1. The van der Waals surface area contributed by atoms with E-state index in [1.165, 1.54) is 0 Å². The van der Waals surface area contributed by atoms with Crippen LogP contribution in [0.4, 0.5) is 0 Å². The highest BCUT2D eigenvalue weighted by Crippen LogP contribution is 2.40. The van der Waals surface area contributed by atoms with Crippen LogP contribution in [0.25, 0.3) is 28.2 Å². The number of allylic oxidation sites excluding steroid dienone is 2. The van der Waals surface area contributed by atoms with Gasteiger partial charge in [-0.2, -0.15) is 0 Å². The van der Waals surface area contributed by atoms with Gasteiger partial charge < -0.3 is 9.52 Å². The maximum Gasteiger partial charge on any atom is 0.335 e. The molecule has 0 amide bonds. The lowest BCUT2D eigenvalue weighted by Gasteiger charge is -2.23. The van der Waals surface area contributed by atoms with Crippen molar-refractivity contribution in [2.24, 2.45) is 5.92 Å². The smallest absolute Gasteiger partial charge is 0.335 e. The molecule has 0 spiro atoms. The van der Waals surface area contributed by atoms with Crippen LogP contribution in [0.3, 0.4) is 0 Å². The summed E-state index contributed by atoms with van der Waals surface area (Å²) in [6.07, 6.45) is 5.88. The molecule has 0 aliphatic heterocycles. The van der Waals surface area contributed by atoms with Gasteiger partial charge in [-0.05, 0) is 43.2 Å². The Morgan fingerprint density at radius 2 is 1.58 bits per heavy atom. The van der Waals surface area contributed by atoms with Crippen LogP contribution in [0.15, 0.2) is 95.4 Å². The van der Waals surface area contributed by atoms with Crippen molar-refractivity contribution in [3.05, 3.63) is 108 Å². The number of oxazole rings is 1. The first kappa shape index (κ1) is 21.0. The Morgan fingerprint density at radius 3 is 2.30 bits per heavy atom. The minimum atomic E-state index is -0.888. The minimum absolute atomic E-state index is 0.158. The minimum Gasteiger partial charge on any atom is -0.478 e. The van der Waals surface area contributed by atoms with Crippen molar-refractivity contribution in [2.45, 2.75) is 25.7 Å². The maximum absolute atomic E-state index is 11.7. The molecule has 1 unspecified atom stereocenters. The van der Waals surface area contributed by atoms with E-state index >= 15 is 0 Å². The van der Waals surface area contributed by atoms with Crippen molar-refractivity contribution >= 4 is 11.5 Å². The molecule has 4 heteroatoms. The second-order valence-electron chi connectivity index (χ2n) is 8.38. The van der Waals surface area contributed by atoms with E-state index in [0.717, 1.165) is 53.0 Å². The van der Waals surface area contributed by atoms with Crippen LogP contribution in [0.1, 0.15) is 41.1 Å². The predicted molar refractivity (Wildman–Crippen MR) is 130 cm³/mol. The zero-order valence-corrected chi connectivity index (χ0v) is 18.3. The molecule has 1 aliphatic carbocycles. The fraction of sp³-hybridized carbons (Fsp3) is 0.172. The van der Waals surface area contributed by atoms with Gasteiger partial charge in [0.05, 0.1) is 5.56 Å². The summed E-state index contributed by atoms with van der Waals surface area (Å²) in [6, 6.07) is 27.4. The van der Waals surface area contributed by atoms with Crippen LogP contribution in [0, 0.1) is 5.92 Å². The van der Waals surface area contributed by atoms with E-state index in [2.05, 4.69) is 6.08 Å². The van der Waals surface area contributed by atoms with Gasteiger partial charge in [0, 0.05) is 16.7 Å². The third kappa shape index (κ3) is 4.37. The quantitative estimate of drug-likeness (QED) is 0.350. The molecule has 1 heterocycles. The van der Waals surface area contributed by atoms with Gasteiger partial charge in [0.15, 0.2) is 5.76 Å². The highest BCUT2D eigenvalue weighted by molar-refractivity contribution is 5.89. The Kier molecular flexibility index (Phi) is 5.90. The van der Waals surface area contributed by atoms with E-state index in [0.29, 0.717) is 17.9 Å². The van der Waals surface area contributed by atoms with Crippen LogP contribution in [0.2, 0.25) is 0 Å². The summed E-state index contributed by atoms with van der Waals surface area (Å²) in [6.45, 7) is 0. The Labute approximate surface area is 193 Å². The van der Waals surface area contributed by atoms with E-state index in [1.54, 1.807) is 12.1 Å². The van der Waals surface area contributed by atoms with Crippen molar-refractivity contribution in [2.75, 3.05) is 0 Å². The summed E-state index contributed by atoms with van der Waals surface area (Å²) in [5.41, 5.74) is 5.11. The third-order valence-electron chi connectivity index (χ3n) is 6.23. The number of aromatic carboxylic acids is 1. The van der Waals surface area contributed by atoms with Gasteiger partial charge in [-0.3, -0.25) is 0 Å². The first-order chi connectivity index (χ1) is 16.2. The summed E-state index contributed by atoms with van der Waals surface area (Å²) in [5, 5.41) is 9.62. The molecule has 5 rings (SSSR count). The van der Waals surface area contributed by atoms with Gasteiger partial charge in [0.1, 0.15) is 5.69 Å². The van der Waals surface area contributed by atoms with Gasteiger partial charge in [-0.15, -0.1) is 0 Å². The van der Waals surface area contributed by atoms with E-state index in [-0.39, 0.29) is 5.92 Å². The number of carboxylic acid groups (broad SMARTS) is 1. The van der Waals surface area contributed by atoms with Crippen molar-refractivity contribution < 1.29 is 14.3 Å². The molecule has 3 aromatic carbocycles. The summed E-state index contributed by atoms with van der Waals surface area (Å²) in [7, 11) is 0. The number of carboxylic acids is 1. The largest absolute Gasteiger partial charge is 0.478 e. The van der Waals surface area contributed by atoms with E-state index in [4.69, 9.17) is 9.40 Å². The molecule has 33 heavy (non-hydrogen) atoms. The van der Waals surface area contributed by atoms with Crippen molar-refractivity contribution in [1.29, 1.82) is 0 Å². The number of rotatable bonds is 6. The highest BCUT2D eigenvalue weighted by atomic mass is 16.4. The number of benzene rings is 3. The Bertz CT molecular complexity index is 1230. The molecule has 1 N–H and O–H groups in total. The molecule has 1 aliphatic rings. The summed E-state index contributed by atoms with van der Waals surface area (Å²) in [5.74, 6) is 0.657. The van der Waals surface area contributed by atoms with Gasteiger partial charge in [0.25, 0.3) is 0 Å². The van der Waals surface area contributed by atoms with E-state index in [9.17, 15) is 9.90 Å². The molecule has 1 aromatic heterocycles. The Morgan fingerprint density at radius 1 is 0.909 bits per heavy atom. The van der Waals surface area contributed by atoms with Crippen molar-refractivity contribution in [1.82, 2.24) is 4.98 Å². The molecule has 1 atom stereocenters. The van der Waals surface area contributed by atoms with E-state index < -0.39 is 5.97 Å².